The molecule has 4 rings (SSSR count). The van der Waals surface area contributed by atoms with Crippen molar-refractivity contribution < 1.29 is 14.3 Å². The molecule has 3 aromatic rings. The van der Waals surface area contributed by atoms with E-state index in [2.05, 4.69) is 0 Å². The predicted molar refractivity (Wildman–Crippen MR) is 71.0 cm³/mol. The molecule has 0 amide bonds. The zero-order valence-electron chi connectivity index (χ0n) is 9.92. The van der Waals surface area contributed by atoms with Crippen LogP contribution in [0.3, 0.4) is 0 Å². The highest BCUT2D eigenvalue weighted by molar-refractivity contribution is 6.17. The van der Waals surface area contributed by atoms with Gasteiger partial charge in [-0.15, -0.1) is 0 Å². The van der Waals surface area contributed by atoms with Crippen LogP contribution in [0.25, 0.3) is 21.8 Å². The summed E-state index contributed by atoms with van der Waals surface area (Å²) in [4.78, 5) is 23.2. The third-order valence-electron chi connectivity index (χ3n) is 3.54. The molecule has 4 heteroatoms. The van der Waals surface area contributed by atoms with Crippen molar-refractivity contribution in [3.63, 3.8) is 0 Å². The molecule has 1 aromatic heterocycles. The van der Waals surface area contributed by atoms with E-state index in [1.54, 1.807) is 10.6 Å². The highest BCUT2D eigenvalue weighted by atomic mass is 16.5. The molecular formula is C15H9NO3. The molecule has 0 aliphatic carbocycles. The van der Waals surface area contributed by atoms with Crippen molar-refractivity contribution in [3.8, 4) is 5.75 Å². The highest BCUT2D eigenvalue weighted by Crippen LogP contribution is 2.38. The summed E-state index contributed by atoms with van der Waals surface area (Å²) >= 11 is 0. The fourth-order valence-electron chi connectivity index (χ4n) is 2.74. The zero-order valence-corrected chi connectivity index (χ0v) is 9.92. The van der Waals surface area contributed by atoms with Crippen LogP contribution in [-0.4, -0.2) is 23.4 Å². The van der Waals surface area contributed by atoms with Gasteiger partial charge in [0.2, 0.25) is 0 Å². The van der Waals surface area contributed by atoms with Crippen LogP contribution < -0.4 is 4.74 Å². The molecule has 1 aliphatic rings. The van der Waals surface area contributed by atoms with Crippen LogP contribution in [0.15, 0.2) is 36.4 Å². The first-order valence-corrected chi connectivity index (χ1v) is 5.98. The van der Waals surface area contributed by atoms with Crippen molar-refractivity contribution in [1.82, 2.24) is 4.57 Å². The third kappa shape index (κ3) is 1.18. The average Bonchev–Trinajstić information content (AvgIpc) is 2.79. The first kappa shape index (κ1) is 10.3. The van der Waals surface area contributed by atoms with Gasteiger partial charge in [0.25, 0.3) is 5.91 Å². The lowest BCUT2D eigenvalue weighted by Crippen LogP contribution is -2.24. The Balaban J connectivity index is 2.34. The van der Waals surface area contributed by atoms with Gasteiger partial charge in [0.05, 0.1) is 16.6 Å². The van der Waals surface area contributed by atoms with Crippen LogP contribution in [0.4, 0.5) is 0 Å². The second-order valence-corrected chi connectivity index (χ2v) is 4.53. The number of hydrogen-bond donors (Lipinski definition) is 0. The Kier molecular flexibility index (Phi) is 1.87. The molecule has 0 atom stereocenters. The largest absolute Gasteiger partial charge is 0.481 e. The quantitative estimate of drug-likeness (QED) is 0.625. The van der Waals surface area contributed by atoms with E-state index in [9.17, 15) is 9.59 Å². The topological polar surface area (TPSA) is 48.3 Å². The first-order valence-electron chi connectivity index (χ1n) is 5.98. The van der Waals surface area contributed by atoms with Gasteiger partial charge < -0.3 is 4.74 Å². The van der Waals surface area contributed by atoms with E-state index in [4.69, 9.17) is 4.74 Å². The van der Waals surface area contributed by atoms with Gasteiger partial charge in [-0.2, -0.15) is 0 Å². The summed E-state index contributed by atoms with van der Waals surface area (Å²) in [6.07, 6.45) is 0.757. The molecule has 2 aromatic carbocycles. The van der Waals surface area contributed by atoms with Crippen molar-refractivity contribution in [2.24, 2.45) is 0 Å². The van der Waals surface area contributed by atoms with Gasteiger partial charge in [-0.05, 0) is 12.1 Å². The smallest absolute Gasteiger partial charge is 0.269 e. The predicted octanol–water partition coefficient (Wildman–Crippen LogP) is 2.64. The molecule has 0 radical (unpaired) electrons. The van der Waals surface area contributed by atoms with E-state index in [-0.39, 0.29) is 12.5 Å². The molecule has 0 saturated carbocycles. The molecule has 4 nitrogen and oxygen atoms in total. The van der Waals surface area contributed by atoms with E-state index in [0.29, 0.717) is 16.8 Å². The molecule has 0 N–H and O–H groups in total. The minimum Gasteiger partial charge on any atom is -0.481 e. The van der Waals surface area contributed by atoms with Crippen LogP contribution in [0.5, 0.6) is 5.75 Å². The number of benzene rings is 2. The Hall–Kier alpha value is -2.62. The molecule has 1 aliphatic heterocycles. The number of aldehydes is 1. The van der Waals surface area contributed by atoms with Gasteiger partial charge in [-0.25, -0.2) is 0 Å². The van der Waals surface area contributed by atoms with E-state index in [1.165, 1.54) is 0 Å². The van der Waals surface area contributed by atoms with Crippen LogP contribution in [0.1, 0.15) is 15.2 Å². The van der Waals surface area contributed by atoms with Gasteiger partial charge in [0.15, 0.2) is 18.6 Å². The molecule has 0 fully saturated rings. The Morgan fingerprint density at radius 1 is 1.11 bits per heavy atom. The number of carbonyl (C=O) groups is 2. The first-order chi connectivity index (χ1) is 9.31. The maximum absolute atomic E-state index is 12.1. The minimum absolute atomic E-state index is 0.0361. The van der Waals surface area contributed by atoms with Crippen molar-refractivity contribution in [1.29, 1.82) is 0 Å². The number of aromatic nitrogens is 1. The van der Waals surface area contributed by atoms with Crippen molar-refractivity contribution in [2.75, 3.05) is 6.61 Å². The Labute approximate surface area is 108 Å². The van der Waals surface area contributed by atoms with Crippen LogP contribution in [0.2, 0.25) is 0 Å². The number of rotatable bonds is 1. The highest BCUT2D eigenvalue weighted by Gasteiger charge is 2.25. The number of carbonyl (C=O) groups excluding carboxylic acids is 2. The minimum atomic E-state index is -0.109. The van der Waals surface area contributed by atoms with Crippen molar-refractivity contribution >= 4 is 34.0 Å². The average molecular weight is 251 g/mol. The molecule has 0 spiro atoms. The molecule has 92 valence electrons. The second kappa shape index (κ2) is 3.45. The van der Waals surface area contributed by atoms with Crippen LogP contribution in [0, 0.1) is 0 Å². The number of ether oxygens (including phenoxy) is 1. The standard InChI is InChI=1S/C15H9NO3/c17-7-9-5-6-11-10-3-1-2-4-12(10)16-13(18)8-19-15(9)14(11)16/h1-7H,8H2. The summed E-state index contributed by atoms with van der Waals surface area (Å²) in [5.74, 6) is 0.394. The Bertz CT molecular complexity index is 861. The molecular weight excluding hydrogens is 242 g/mol. The van der Waals surface area contributed by atoms with Gasteiger partial charge in [-0.1, -0.05) is 24.3 Å². The summed E-state index contributed by atoms with van der Waals surface area (Å²) < 4.78 is 7.11. The van der Waals surface area contributed by atoms with Gasteiger partial charge in [0.1, 0.15) is 0 Å². The lowest BCUT2D eigenvalue weighted by molar-refractivity contribution is 0.0829. The Morgan fingerprint density at radius 2 is 1.95 bits per heavy atom. The monoisotopic (exact) mass is 251 g/mol. The lowest BCUT2D eigenvalue weighted by atomic mass is 10.1. The van der Waals surface area contributed by atoms with E-state index < -0.39 is 0 Å². The normalized spacial score (nSPS) is 13.8. The van der Waals surface area contributed by atoms with Crippen molar-refractivity contribution in [2.45, 2.75) is 0 Å². The van der Waals surface area contributed by atoms with Gasteiger partial charge in [0, 0.05) is 10.8 Å². The lowest BCUT2D eigenvalue weighted by Gasteiger charge is -2.17. The maximum atomic E-state index is 12.1. The second-order valence-electron chi connectivity index (χ2n) is 4.53. The van der Waals surface area contributed by atoms with E-state index in [0.717, 1.165) is 22.6 Å². The molecule has 0 saturated heterocycles. The fourth-order valence-corrected chi connectivity index (χ4v) is 2.74. The van der Waals surface area contributed by atoms with E-state index in [1.807, 2.05) is 30.3 Å². The van der Waals surface area contributed by atoms with E-state index >= 15 is 0 Å². The van der Waals surface area contributed by atoms with Gasteiger partial charge in [-0.3, -0.25) is 14.2 Å². The third-order valence-corrected chi connectivity index (χ3v) is 3.54. The van der Waals surface area contributed by atoms with Crippen LogP contribution >= 0.6 is 0 Å². The molecule has 0 bridgehead atoms. The number of fused-ring (bicyclic) bond motifs is 3. The summed E-state index contributed by atoms with van der Waals surface area (Å²) in [6.45, 7) is -0.0361. The molecule has 19 heavy (non-hydrogen) atoms. The molecule has 0 unspecified atom stereocenters. The summed E-state index contributed by atoms with van der Waals surface area (Å²) in [5.41, 5.74) is 2.03. The van der Waals surface area contributed by atoms with Gasteiger partial charge >= 0.3 is 0 Å². The maximum Gasteiger partial charge on any atom is 0.269 e. The number of nitrogens with zero attached hydrogens (tertiary/aromatic N) is 1. The summed E-state index contributed by atoms with van der Waals surface area (Å²) in [6, 6.07) is 11.3. The molecule has 2 heterocycles. The number of para-hydroxylation sites is 1. The van der Waals surface area contributed by atoms with Crippen LogP contribution in [-0.2, 0) is 0 Å². The fraction of sp³-hybridized carbons (Fsp3) is 0.0667. The summed E-state index contributed by atoms with van der Waals surface area (Å²) in [7, 11) is 0. The Morgan fingerprint density at radius 3 is 2.79 bits per heavy atom. The van der Waals surface area contributed by atoms with Crippen molar-refractivity contribution in [3.05, 3.63) is 42.0 Å². The number of hydrogen-bond acceptors (Lipinski definition) is 3. The summed E-state index contributed by atoms with van der Waals surface area (Å²) in [5, 5.41) is 1.93. The zero-order chi connectivity index (χ0) is 13.0. The SMILES string of the molecule is O=Cc1ccc2c3ccccc3n3c2c1OCC3=O.